The van der Waals surface area contributed by atoms with E-state index in [1.54, 1.807) is 6.20 Å². The molecule has 0 aliphatic rings. The second-order valence-corrected chi connectivity index (χ2v) is 1.85. The Morgan fingerprint density at radius 2 is 2.44 bits per heavy atom. The Hall–Kier alpha value is -0.890. The van der Waals surface area contributed by atoms with E-state index in [0.29, 0.717) is 0 Å². The lowest BCUT2D eigenvalue weighted by Gasteiger charge is -1.88. The number of nitrogens with zero attached hydrogens (tertiary/aromatic N) is 1. The Balaban J connectivity index is 2.61. The molecule has 1 aromatic heterocycles. The molecule has 0 aliphatic heterocycles. The predicted octanol–water partition coefficient (Wildman–Crippen LogP) is -0.439. The molecule has 1 rings (SSSR count). The molecule has 9 heavy (non-hydrogen) atoms. The van der Waals surface area contributed by atoms with E-state index in [1.807, 2.05) is 25.2 Å². The molecule has 0 aromatic carbocycles. The predicted molar refractivity (Wildman–Crippen MR) is 34.8 cm³/mol. The molecule has 0 atom stereocenters. The second kappa shape index (κ2) is 3.20. The van der Waals surface area contributed by atoms with Crippen molar-refractivity contribution in [2.24, 2.45) is 0 Å². The van der Waals surface area contributed by atoms with Crippen LogP contribution in [-0.2, 0) is 6.54 Å². The first-order valence-electron chi connectivity index (χ1n) is 2.98. The molecule has 0 spiro atoms. The summed E-state index contributed by atoms with van der Waals surface area (Å²) in [6.07, 6.45) is 1.80. The fourth-order valence-corrected chi connectivity index (χ4v) is 0.684. The Morgan fingerprint density at radius 3 is 3.00 bits per heavy atom. The summed E-state index contributed by atoms with van der Waals surface area (Å²) in [5.74, 6) is 0. The van der Waals surface area contributed by atoms with Gasteiger partial charge < -0.3 is 0 Å². The Labute approximate surface area is 54.9 Å². The van der Waals surface area contributed by atoms with Gasteiger partial charge in [0.15, 0.2) is 6.54 Å². The average molecular weight is 122 g/mol. The zero-order chi connectivity index (χ0) is 6.53. The lowest BCUT2D eigenvalue weighted by atomic mass is 10.3. The quantitative estimate of drug-likeness (QED) is 0.566. The van der Waals surface area contributed by atoms with E-state index in [4.69, 9.17) is 0 Å². The van der Waals surface area contributed by atoms with Crippen LogP contribution in [0.1, 0.15) is 5.69 Å². The van der Waals surface area contributed by atoms with Crippen LogP contribution in [0.3, 0.4) is 0 Å². The number of aromatic nitrogens is 1. The van der Waals surface area contributed by atoms with Crippen LogP contribution in [0.4, 0.5) is 0 Å². The number of rotatable bonds is 2. The van der Waals surface area contributed by atoms with Gasteiger partial charge in [0.05, 0.1) is 5.69 Å². The highest BCUT2D eigenvalue weighted by atomic mass is 14.8. The van der Waals surface area contributed by atoms with Crippen LogP contribution in [0.15, 0.2) is 24.4 Å². The van der Waals surface area contributed by atoms with E-state index in [-0.39, 0.29) is 0 Å². The molecule has 0 saturated carbocycles. The van der Waals surface area contributed by atoms with E-state index in [2.05, 4.69) is 10.3 Å². The molecule has 0 saturated heterocycles. The maximum atomic E-state index is 4.11. The minimum absolute atomic E-state index is 0.848. The number of hydrogen-bond donors (Lipinski definition) is 1. The smallest absolute Gasteiger partial charge is 0.162 e. The molecule has 1 N–H and O–H groups in total. The van der Waals surface area contributed by atoms with Crippen LogP contribution in [0.2, 0.25) is 0 Å². The summed E-state index contributed by atoms with van der Waals surface area (Å²) in [5.41, 5.74) is 1.08. The van der Waals surface area contributed by atoms with Crippen molar-refractivity contribution in [2.45, 2.75) is 6.54 Å². The van der Waals surface area contributed by atoms with Crippen LogP contribution < -0.4 is 5.32 Å². The van der Waals surface area contributed by atoms with Crippen LogP contribution in [-0.4, -0.2) is 12.0 Å². The summed E-state index contributed by atoms with van der Waals surface area (Å²) in [7, 11) is 1.91. The minimum atomic E-state index is 0.848. The molecule has 1 aromatic rings. The molecular weight excluding hydrogens is 112 g/mol. The van der Waals surface area contributed by atoms with Gasteiger partial charge in [-0.1, -0.05) is 6.07 Å². The van der Waals surface area contributed by atoms with Gasteiger partial charge in [0.2, 0.25) is 0 Å². The van der Waals surface area contributed by atoms with Crippen molar-refractivity contribution in [2.75, 3.05) is 7.05 Å². The topological polar surface area (TPSA) is 28.5 Å². The molecular formula is C7H10N2+. The highest BCUT2D eigenvalue weighted by Gasteiger charge is 1.91. The normalized spacial score (nSPS) is 9.44. The first-order valence-corrected chi connectivity index (χ1v) is 2.98. The summed E-state index contributed by atoms with van der Waals surface area (Å²) in [4.78, 5) is 4.11. The lowest BCUT2D eigenvalue weighted by Crippen LogP contribution is -2.77. The van der Waals surface area contributed by atoms with Gasteiger partial charge in [-0.2, -0.15) is 5.32 Å². The molecule has 0 fully saturated rings. The average Bonchev–Trinajstić information content (AvgIpc) is 1.91. The van der Waals surface area contributed by atoms with Gasteiger partial charge in [0.25, 0.3) is 0 Å². The molecule has 0 amide bonds. The van der Waals surface area contributed by atoms with Gasteiger partial charge in [-0.3, -0.25) is 4.98 Å². The third kappa shape index (κ3) is 1.82. The number of hydrogen-bond acceptors (Lipinski definition) is 2. The third-order valence-electron chi connectivity index (χ3n) is 1.08. The van der Waals surface area contributed by atoms with E-state index in [1.165, 1.54) is 0 Å². The molecule has 0 aliphatic carbocycles. The van der Waals surface area contributed by atoms with Crippen molar-refractivity contribution < 1.29 is 5.32 Å². The summed E-state index contributed by atoms with van der Waals surface area (Å²) in [5, 5.41) is 3.02. The summed E-state index contributed by atoms with van der Waals surface area (Å²) in [6, 6.07) is 5.90. The van der Waals surface area contributed by atoms with E-state index >= 15 is 0 Å². The molecule has 2 nitrogen and oxygen atoms in total. The van der Waals surface area contributed by atoms with Crippen molar-refractivity contribution >= 4 is 0 Å². The largest absolute Gasteiger partial charge is 0.255 e. The van der Waals surface area contributed by atoms with Crippen molar-refractivity contribution in [3.8, 4) is 0 Å². The summed E-state index contributed by atoms with van der Waals surface area (Å²) >= 11 is 0. The minimum Gasteiger partial charge on any atom is -0.255 e. The Morgan fingerprint density at radius 1 is 1.56 bits per heavy atom. The van der Waals surface area contributed by atoms with Gasteiger partial charge in [-0.25, -0.2) is 0 Å². The number of pyridine rings is 1. The van der Waals surface area contributed by atoms with Crippen LogP contribution in [0.25, 0.3) is 0 Å². The lowest BCUT2D eigenvalue weighted by molar-refractivity contribution is -0.643. The van der Waals surface area contributed by atoms with Crippen LogP contribution >= 0.6 is 0 Å². The Bertz CT molecular complexity index is 160. The van der Waals surface area contributed by atoms with E-state index < -0.39 is 0 Å². The molecule has 1 radical (unpaired) electrons. The van der Waals surface area contributed by atoms with Gasteiger partial charge in [0, 0.05) is 6.20 Å². The Kier molecular flexibility index (Phi) is 2.22. The maximum absolute atomic E-state index is 4.11. The molecule has 2 heteroatoms. The molecule has 0 bridgehead atoms. The van der Waals surface area contributed by atoms with Gasteiger partial charge in [-0.05, 0) is 12.1 Å². The highest BCUT2D eigenvalue weighted by molar-refractivity contribution is 5.01. The van der Waals surface area contributed by atoms with Crippen molar-refractivity contribution in [3.63, 3.8) is 0 Å². The van der Waals surface area contributed by atoms with E-state index in [9.17, 15) is 0 Å². The molecule has 47 valence electrons. The van der Waals surface area contributed by atoms with Gasteiger partial charge in [-0.15, -0.1) is 0 Å². The standard InChI is InChI=1S/C7H10N2/c1-8-6-7-4-2-3-5-9-7/h2-5,8H,6H2,1H3/q+1. The van der Waals surface area contributed by atoms with Crippen LogP contribution in [0, 0.1) is 0 Å². The second-order valence-electron chi connectivity index (χ2n) is 1.85. The zero-order valence-corrected chi connectivity index (χ0v) is 5.46. The van der Waals surface area contributed by atoms with Gasteiger partial charge >= 0.3 is 0 Å². The van der Waals surface area contributed by atoms with Crippen molar-refractivity contribution in [3.05, 3.63) is 30.1 Å². The first kappa shape index (κ1) is 6.23. The summed E-state index contributed by atoms with van der Waals surface area (Å²) in [6.45, 7) is 0.848. The summed E-state index contributed by atoms with van der Waals surface area (Å²) < 4.78 is 0. The SMILES string of the molecule is C[NH+]Cc1ccccn1. The zero-order valence-electron chi connectivity index (χ0n) is 5.46. The van der Waals surface area contributed by atoms with Crippen molar-refractivity contribution in [1.29, 1.82) is 0 Å². The van der Waals surface area contributed by atoms with Gasteiger partial charge in [0.1, 0.15) is 7.05 Å². The monoisotopic (exact) mass is 122 g/mol. The maximum Gasteiger partial charge on any atom is 0.162 e. The first-order chi connectivity index (χ1) is 4.43. The molecule has 1 heterocycles. The number of nitrogens with one attached hydrogen (secondary N) is 1. The van der Waals surface area contributed by atoms with Crippen molar-refractivity contribution in [1.82, 2.24) is 4.98 Å². The highest BCUT2D eigenvalue weighted by Crippen LogP contribution is 1.87. The fraction of sp³-hybridized carbons (Fsp3) is 0.286. The van der Waals surface area contributed by atoms with Crippen LogP contribution in [0.5, 0.6) is 0 Å². The molecule has 0 unspecified atom stereocenters. The fourth-order valence-electron chi connectivity index (χ4n) is 0.684. The van der Waals surface area contributed by atoms with E-state index in [0.717, 1.165) is 12.2 Å². The third-order valence-corrected chi connectivity index (χ3v) is 1.08.